The first-order valence-corrected chi connectivity index (χ1v) is 9.16. The van der Waals surface area contributed by atoms with Crippen molar-refractivity contribution in [3.63, 3.8) is 0 Å². The highest BCUT2D eigenvalue weighted by Crippen LogP contribution is 2.24. The number of aromatic nitrogens is 1. The Morgan fingerprint density at radius 1 is 1.19 bits per heavy atom. The summed E-state index contributed by atoms with van der Waals surface area (Å²) in [5, 5.41) is 13.4. The first-order valence-electron chi connectivity index (χ1n) is 9.16. The third-order valence-corrected chi connectivity index (χ3v) is 4.67. The minimum Gasteiger partial charge on any atom is -0.349 e. The van der Waals surface area contributed by atoms with Crippen LogP contribution in [0.15, 0.2) is 66.4 Å². The number of amides is 1. The zero-order valence-corrected chi connectivity index (χ0v) is 15.6. The summed E-state index contributed by atoms with van der Waals surface area (Å²) in [7, 11) is 0. The van der Waals surface area contributed by atoms with Gasteiger partial charge in [0.2, 0.25) is 0 Å². The van der Waals surface area contributed by atoms with Crippen molar-refractivity contribution in [2.75, 3.05) is 0 Å². The van der Waals surface area contributed by atoms with Crippen molar-refractivity contribution in [3.8, 4) is 6.07 Å². The standard InChI is InChI=1S/C23H23N3O/c1-3-17(2)25-23(27)19(14-24)13-20-16-26(15-18-9-5-4-6-10-18)22-12-8-7-11-21(20)22/h4-13,16-17H,3,15H2,1-2H3,(H,25,27)/b19-13+/t17-/m0/s1. The van der Waals surface area contributed by atoms with Gasteiger partial charge in [-0.1, -0.05) is 55.5 Å². The average Bonchev–Trinajstić information content (AvgIpc) is 3.04. The third-order valence-electron chi connectivity index (χ3n) is 4.67. The summed E-state index contributed by atoms with van der Waals surface area (Å²) >= 11 is 0. The van der Waals surface area contributed by atoms with E-state index in [2.05, 4.69) is 28.1 Å². The van der Waals surface area contributed by atoms with Gasteiger partial charge in [-0.2, -0.15) is 5.26 Å². The molecule has 1 atom stereocenters. The third kappa shape index (κ3) is 4.27. The Morgan fingerprint density at radius 2 is 1.89 bits per heavy atom. The van der Waals surface area contributed by atoms with Crippen molar-refractivity contribution in [2.45, 2.75) is 32.9 Å². The van der Waals surface area contributed by atoms with Crippen LogP contribution >= 0.6 is 0 Å². The highest BCUT2D eigenvalue weighted by atomic mass is 16.1. The van der Waals surface area contributed by atoms with Crippen LogP contribution in [0.1, 0.15) is 31.4 Å². The summed E-state index contributed by atoms with van der Waals surface area (Å²) < 4.78 is 2.15. The monoisotopic (exact) mass is 357 g/mol. The zero-order chi connectivity index (χ0) is 19.2. The van der Waals surface area contributed by atoms with Crippen molar-refractivity contribution in [3.05, 3.63) is 77.5 Å². The molecule has 0 fully saturated rings. The number of hydrogen-bond donors (Lipinski definition) is 1. The van der Waals surface area contributed by atoms with Crippen LogP contribution in [-0.2, 0) is 11.3 Å². The van der Waals surface area contributed by atoms with E-state index in [0.717, 1.165) is 29.4 Å². The molecule has 27 heavy (non-hydrogen) atoms. The van der Waals surface area contributed by atoms with Crippen molar-refractivity contribution >= 4 is 22.9 Å². The van der Waals surface area contributed by atoms with E-state index in [4.69, 9.17) is 0 Å². The minimum atomic E-state index is -0.327. The molecule has 1 N–H and O–H groups in total. The maximum atomic E-state index is 12.4. The molecule has 0 spiro atoms. The number of nitrogens with one attached hydrogen (secondary N) is 1. The molecular weight excluding hydrogens is 334 g/mol. The molecule has 0 unspecified atom stereocenters. The first kappa shape index (κ1) is 18.5. The molecule has 0 saturated carbocycles. The second kappa shape index (κ2) is 8.37. The Balaban J connectivity index is 1.99. The van der Waals surface area contributed by atoms with E-state index in [1.54, 1.807) is 6.08 Å². The number of benzene rings is 2. The van der Waals surface area contributed by atoms with Gasteiger partial charge in [0.1, 0.15) is 11.6 Å². The second-order valence-corrected chi connectivity index (χ2v) is 6.67. The highest BCUT2D eigenvalue weighted by Gasteiger charge is 2.14. The Hall–Kier alpha value is -3.32. The first-order chi connectivity index (χ1) is 13.1. The Bertz CT molecular complexity index is 1010. The molecule has 4 nitrogen and oxygen atoms in total. The molecule has 136 valence electrons. The highest BCUT2D eigenvalue weighted by molar-refractivity contribution is 6.04. The maximum absolute atomic E-state index is 12.4. The minimum absolute atomic E-state index is 0.0358. The van der Waals surface area contributed by atoms with Gasteiger partial charge in [-0.05, 0) is 31.1 Å². The molecule has 3 rings (SSSR count). The van der Waals surface area contributed by atoms with E-state index in [-0.39, 0.29) is 17.5 Å². The predicted octanol–water partition coefficient (Wildman–Crippen LogP) is 4.51. The fraction of sp³-hybridized carbons (Fsp3) is 0.217. The summed E-state index contributed by atoms with van der Waals surface area (Å²) in [6.45, 7) is 4.66. The van der Waals surface area contributed by atoms with E-state index in [0.29, 0.717) is 0 Å². The summed E-state index contributed by atoms with van der Waals surface area (Å²) in [5.41, 5.74) is 3.27. The Morgan fingerprint density at radius 3 is 2.59 bits per heavy atom. The lowest BCUT2D eigenvalue weighted by Gasteiger charge is -2.10. The molecule has 4 heteroatoms. The molecular formula is C23H23N3O. The molecule has 0 aliphatic heterocycles. The fourth-order valence-corrected chi connectivity index (χ4v) is 3.01. The smallest absolute Gasteiger partial charge is 0.262 e. The molecule has 0 aliphatic carbocycles. The summed E-state index contributed by atoms with van der Waals surface area (Å²) in [5.74, 6) is -0.327. The van der Waals surface area contributed by atoms with E-state index in [9.17, 15) is 10.1 Å². The molecule has 1 heterocycles. The SMILES string of the molecule is CC[C@H](C)NC(=O)/C(C#N)=C/c1cn(Cc2ccccc2)c2ccccc12. The van der Waals surface area contributed by atoms with Gasteiger partial charge in [-0.25, -0.2) is 0 Å². The van der Waals surface area contributed by atoms with E-state index >= 15 is 0 Å². The zero-order valence-electron chi connectivity index (χ0n) is 15.6. The lowest BCUT2D eigenvalue weighted by atomic mass is 10.1. The summed E-state index contributed by atoms with van der Waals surface area (Å²) in [6.07, 6.45) is 4.51. The number of nitriles is 1. The maximum Gasteiger partial charge on any atom is 0.262 e. The van der Waals surface area contributed by atoms with Crippen LogP contribution in [0, 0.1) is 11.3 Å². The summed E-state index contributed by atoms with van der Waals surface area (Å²) in [4.78, 5) is 12.4. The lowest BCUT2D eigenvalue weighted by molar-refractivity contribution is -0.117. The number of carbonyl (C=O) groups is 1. The molecule has 0 bridgehead atoms. The lowest BCUT2D eigenvalue weighted by Crippen LogP contribution is -2.32. The van der Waals surface area contributed by atoms with Crippen LogP contribution in [0.3, 0.4) is 0 Å². The van der Waals surface area contributed by atoms with Gasteiger partial charge in [-0.15, -0.1) is 0 Å². The molecule has 0 radical (unpaired) electrons. The van der Waals surface area contributed by atoms with Gasteiger partial charge >= 0.3 is 0 Å². The molecule has 3 aromatic rings. The van der Waals surface area contributed by atoms with Gasteiger partial charge in [0.25, 0.3) is 5.91 Å². The number of para-hydroxylation sites is 1. The number of hydrogen-bond acceptors (Lipinski definition) is 2. The van der Waals surface area contributed by atoms with E-state index in [1.807, 2.05) is 62.5 Å². The van der Waals surface area contributed by atoms with Gasteiger partial charge in [-0.3, -0.25) is 4.79 Å². The Labute approximate surface area is 159 Å². The normalized spacial score (nSPS) is 12.6. The number of rotatable bonds is 6. The van der Waals surface area contributed by atoms with Crippen LogP contribution in [0.2, 0.25) is 0 Å². The van der Waals surface area contributed by atoms with Gasteiger partial charge in [0.05, 0.1) is 0 Å². The number of nitrogens with zero attached hydrogens (tertiary/aromatic N) is 2. The van der Waals surface area contributed by atoms with Crippen LogP contribution in [-0.4, -0.2) is 16.5 Å². The summed E-state index contributed by atoms with van der Waals surface area (Å²) in [6, 6.07) is 20.3. The predicted molar refractivity (Wildman–Crippen MR) is 109 cm³/mol. The Kier molecular flexibility index (Phi) is 5.73. The fourth-order valence-electron chi connectivity index (χ4n) is 3.01. The molecule has 1 aromatic heterocycles. The molecule has 0 saturated heterocycles. The van der Waals surface area contributed by atoms with Gasteiger partial charge < -0.3 is 9.88 Å². The van der Waals surface area contributed by atoms with E-state index in [1.165, 1.54) is 5.56 Å². The van der Waals surface area contributed by atoms with Crippen molar-refractivity contribution in [2.24, 2.45) is 0 Å². The topological polar surface area (TPSA) is 57.8 Å². The average molecular weight is 357 g/mol. The second-order valence-electron chi connectivity index (χ2n) is 6.67. The number of fused-ring (bicyclic) bond motifs is 1. The quantitative estimate of drug-likeness (QED) is 0.521. The van der Waals surface area contributed by atoms with Crippen LogP contribution in [0.25, 0.3) is 17.0 Å². The van der Waals surface area contributed by atoms with Crippen molar-refractivity contribution in [1.29, 1.82) is 5.26 Å². The van der Waals surface area contributed by atoms with Crippen LogP contribution in [0.5, 0.6) is 0 Å². The van der Waals surface area contributed by atoms with Crippen LogP contribution in [0.4, 0.5) is 0 Å². The number of carbonyl (C=O) groups excluding carboxylic acids is 1. The van der Waals surface area contributed by atoms with Crippen LogP contribution < -0.4 is 5.32 Å². The molecule has 1 amide bonds. The molecule has 2 aromatic carbocycles. The molecule has 0 aliphatic rings. The largest absolute Gasteiger partial charge is 0.349 e. The van der Waals surface area contributed by atoms with Crippen molar-refractivity contribution in [1.82, 2.24) is 9.88 Å². The van der Waals surface area contributed by atoms with Gasteiger partial charge in [0.15, 0.2) is 0 Å². The van der Waals surface area contributed by atoms with Crippen molar-refractivity contribution < 1.29 is 4.79 Å². The van der Waals surface area contributed by atoms with Gasteiger partial charge in [0, 0.05) is 35.2 Å². The van der Waals surface area contributed by atoms with E-state index < -0.39 is 0 Å².